The molecule has 0 unspecified atom stereocenters. The van der Waals surface area contributed by atoms with Crippen molar-refractivity contribution in [1.29, 1.82) is 0 Å². The lowest BCUT2D eigenvalue weighted by molar-refractivity contribution is 0.618. The maximum absolute atomic E-state index is 13.1. The molecular weight excluding hydrogens is 245 g/mol. The largest absolute Gasteiger partial charge is 0.245 e. The Bertz CT molecular complexity index is 496. The number of rotatable bonds is 3. The zero-order valence-electron chi connectivity index (χ0n) is 8.84. The molecule has 0 spiro atoms. The fraction of sp³-hybridized carbons (Fsp3) is 0.250. The van der Waals surface area contributed by atoms with E-state index in [1.165, 1.54) is 6.07 Å². The van der Waals surface area contributed by atoms with Crippen LogP contribution in [0, 0.1) is 12.7 Å². The van der Waals surface area contributed by atoms with Crippen LogP contribution in [0.25, 0.3) is 0 Å². The Hall–Kier alpha value is -0.930. The van der Waals surface area contributed by atoms with Crippen molar-refractivity contribution >= 4 is 22.9 Å². The monoisotopic (exact) mass is 255 g/mol. The maximum Gasteiger partial charge on any atom is 0.126 e. The fourth-order valence-electron chi connectivity index (χ4n) is 1.48. The first-order valence-corrected chi connectivity index (χ1v) is 6.34. The van der Waals surface area contributed by atoms with Gasteiger partial charge in [-0.1, -0.05) is 12.1 Å². The molecule has 84 valence electrons. The lowest BCUT2D eigenvalue weighted by Crippen LogP contribution is -1.91. The van der Waals surface area contributed by atoms with E-state index >= 15 is 0 Å². The Kier molecular flexibility index (Phi) is 3.56. The maximum atomic E-state index is 13.1. The highest BCUT2D eigenvalue weighted by Gasteiger charge is 2.04. The molecule has 0 amide bonds. The van der Waals surface area contributed by atoms with Gasteiger partial charge < -0.3 is 0 Å². The molecule has 0 atom stereocenters. The minimum absolute atomic E-state index is 0.163. The Morgan fingerprint density at radius 3 is 2.88 bits per heavy atom. The minimum Gasteiger partial charge on any atom is -0.245 e. The molecule has 1 nitrogen and oxygen atoms in total. The van der Waals surface area contributed by atoms with Crippen LogP contribution in [-0.4, -0.2) is 4.98 Å². The predicted molar refractivity (Wildman–Crippen MR) is 65.6 cm³/mol. The lowest BCUT2D eigenvalue weighted by Gasteiger charge is -2.01. The molecule has 1 aromatic carbocycles. The molecule has 0 saturated heterocycles. The van der Waals surface area contributed by atoms with Crippen molar-refractivity contribution in [2.24, 2.45) is 0 Å². The summed E-state index contributed by atoms with van der Waals surface area (Å²) in [6.07, 6.45) is 0.739. The second kappa shape index (κ2) is 4.93. The van der Waals surface area contributed by atoms with E-state index in [-0.39, 0.29) is 5.82 Å². The molecule has 4 heteroatoms. The van der Waals surface area contributed by atoms with E-state index in [1.807, 2.05) is 11.4 Å². The van der Waals surface area contributed by atoms with Gasteiger partial charge in [0, 0.05) is 11.8 Å². The van der Waals surface area contributed by atoms with Gasteiger partial charge in [-0.3, -0.25) is 0 Å². The first-order valence-electron chi connectivity index (χ1n) is 4.93. The van der Waals surface area contributed by atoms with Crippen molar-refractivity contribution in [2.75, 3.05) is 0 Å². The normalized spacial score (nSPS) is 10.7. The zero-order chi connectivity index (χ0) is 11.5. The summed E-state index contributed by atoms with van der Waals surface area (Å²) in [5, 5.41) is 2.97. The second-order valence-corrected chi connectivity index (χ2v) is 4.84. The van der Waals surface area contributed by atoms with Crippen LogP contribution in [0.5, 0.6) is 0 Å². The second-order valence-electron chi connectivity index (χ2n) is 3.63. The number of benzene rings is 1. The van der Waals surface area contributed by atoms with Crippen molar-refractivity contribution in [3.8, 4) is 0 Å². The summed E-state index contributed by atoms with van der Waals surface area (Å²) in [7, 11) is 0. The molecule has 0 aliphatic rings. The van der Waals surface area contributed by atoms with Gasteiger partial charge in [0.1, 0.15) is 5.82 Å². The average Bonchev–Trinajstić information content (AvgIpc) is 2.71. The van der Waals surface area contributed by atoms with Gasteiger partial charge in [-0.05, 0) is 24.1 Å². The molecule has 16 heavy (non-hydrogen) atoms. The highest BCUT2D eigenvalue weighted by Crippen LogP contribution is 2.17. The molecule has 2 aromatic rings. The van der Waals surface area contributed by atoms with Crippen molar-refractivity contribution in [3.05, 3.63) is 51.2 Å². The molecule has 0 bridgehead atoms. The number of nitrogens with zero attached hydrogens (tertiary/aromatic N) is 1. The lowest BCUT2D eigenvalue weighted by atomic mass is 10.1. The number of aromatic nitrogens is 1. The van der Waals surface area contributed by atoms with Gasteiger partial charge >= 0.3 is 0 Å². The van der Waals surface area contributed by atoms with Crippen LogP contribution in [0.1, 0.15) is 21.8 Å². The first-order chi connectivity index (χ1) is 7.69. The SMILES string of the molecule is Cc1cc(Cc2nc(CCl)cs2)ccc1F. The Labute approximate surface area is 103 Å². The number of hydrogen-bond acceptors (Lipinski definition) is 2. The average molecular weight is 256 g/mol. The number of alkyl halides is 1. The van der Waals surface area contributed by atoms with E-state index in [0.717, 1.165) is 22.7 Å². The number of thiazole rings is 1. The third kappa shape index (κ3) is 2.60. The third-order valence-electron chi connectivity index (χ3n) is 2.31. The van der Waals surface area contributed by atoms with Gasteiger partial charge in [-0.25, -0.2) is 9.37 Å². The molecule has 0 N–H and O–H groups in total. The van der Waals surface area contributed by atoms with E-state index in [2.05, 4.69) is 4.98 Å². The Balaban J connectivity index is 2.17. The molecule has 2 rings (SSSR count). The van der Waals surface area contributed by atoms with E-state index in [4.69, 9.17) is 11.6 Å². The topological polar surface area (TPSA) is 12.9 Å². The Morgan fingerprint density at radius 2 is 2.25 bits per heavy atom. The van der Waals surface area contributed by atoms with E-state index in [0.29, 0.717) is 11.4 Å². The van der Waals surface area contributed by atoms with Gasteiger partial charge in [-0.15, -0.1) is 22.9 Å². The van der Waals surface area contributed by atoms with Crippen molar-refractivity contribution in [2.45, 2.75) is 19.2 Å². The predicted octanol–water partition coefficient (Wildman–Crippen LogP) is 3.92. The zero-order valence-corrected chi connectivity index (χ0v) is 10.4. The molecule has 1 heterocycles. The highest BCUT2D eigenvalue weighted by atomic mass is 35.5. The van der Waals surface area contributed by atoms with E-state index < -0.39 is 0 Å². The number of hydrogen-bond donors (Lipinski definition) is 0. The van der Waals surface area contributed by atoms with Crippen LogP contribution in [0.3, 0.4) is 0 Å². The summed E-state index contributed by atoms with van der Waals surface area (Å²) in [6.45, 7) is 1.77. The van der Waals surface area contributed by atoms with Crippen LogP contribution in [0.2, 0.25) is 0 Å². The van der Waals surface area contributed by atoms with Gasteiger partial charge in [0.15, 0.2) is 0 Å². The van der Waals surface area contributed by atoms with Crippen LogP contribution in [0.15, 0.2) is 23.6 Å². The Morgan fingerprint density at radius 1 is 1.44 bits per heavy atom. The molecule has 0 aliphatic heterocycles. The van der Waals surface area contributed by atoms with E-state index in [9.17, 15) is 4.39 Å². The molecular formula is C12H11ClFNS. The quantitative estimate of drug-likeness (QED) is 0.758. The summed E-state index contributed by atoms with van der Waals surface area (Å²) in [6, 6.07) is 5.15. The minimum atomic E-state index is -0.163. The molecule has 0 fully saturated rings. The summed E-state index contributed by atoms with van der Waals surface area (Å²) in [5.41, 5.74) is 2.65. The highest BCUT2D eigenvalue weighted by molar-refractivity contribution is 7.09. The smallest absolute Gasteiger partial charge is 0.126 e. The van der Waals surface area contributed by atoms with Gasteiger partial charge in [0.05, 0.1) is 16.6 Å². The standard InChI is InChI=1S/C12H11ClFNS/c1-8-4-9(2-3-11(8)14)5-12-15-10(6-13)7-16-12/h2-4,7H,5-6H2,1H3. The fourth-order valence-corrected chi connectivity index (χ4v) is 2.54. The van der Waals surface area contributed by atoms with Crippen molar-refractivity contribution < 1.29 is 4.39 Å². The van der Waals surface area contributed by atoms with Gasteiger partial charge in [-0.2, -0.15) is 0 Å². The van der Waals surface area contributed by atoms with Gasteiger partial charge in [0.25, 0.3) is 0 Å². The van der Waals surface area contributed by atoms with Crippen LogP contribution in [-0.2, 0) is 12.3 Å². The van der Waals surface area contributed by atoms with Crippen molar-refractivity contribution in [1.82, 2.24) is 4.98 Å². The molecule has 0 aliphatic carbocycles. The number of aryl methyl sites for hydroxylation is 1. The molecule has 1 aromatic heterocycles. The molecule has 0 saturated carbocycles. The van der Waals surface area contributed by atoms with Crippen molar-refractivity contribution in [3.63, 3.8) is 0 Å². The first kappa shape index (κ1) is 11.6. The van der Waals surface area contributed by atoms with E-state index in [1.54, 1.807) is 24.3 Å². The van der Waals surface area contributed by atoms with Crippen LogP contribution in [0.4, 0.5) is 4.39 Å². The summed E-state index contributed by atoms with van der Waals surface area (Å²) < 4.78 is 13.1. The van der Waals surface area contributed by atoms with Crippen LogP contribution < -0.4 is 0 Å². The van der Waals surface area contributed by atoms with Gasteiger partial charge in [0.2, 0.25) is 0 Å². The summed E-state index contributed by atoms with van der Waals surface area (Å²) in [5.74, 6) is 0.281. The molecule has 0 radical (unpaired) electrons. The third-order valence-corrected chi connectivity index (χ3v) is 3.49. The summed E-state index contributed by atoms with van der Waals surface area (Å²) >= 11 is 7.27. The number of halogens is 2. The van der Waals surface area contributed by atoms with Crippen LogP contribution >= 0.6 is 22.9 Å². The summed E-state index contributed by atoms with van der Waals surface area (Å²) in [4.78, 5) is 4.37.